The van der Waals surface area contributed by atoms with Crippen LogP contribution in [0.25, 0.3) is 0 Å². The predicted molar refractivity (Wildman–Crippen MR) is 78.7 cm³/mol. The average molecular weight is 283 g/mol. The average Bonchev–Trinajstić information content (AvgIpc) is 2.46. The van der Waals surface area contributed by atoms with Crippen LogP contribution in [0.3, 0.4) is 0 Å². The van der Waals surface area contributed by atoms with Gasteiger partial charge >= 0.3 is 0 Å². The highest BCUT2D eigenvalue weighted by atomic mass is 16.5. The molecule has 3 atom stereocenters. The third-order valence-corrected chi connectivity index (χ3v) is 4.69. The summed E-state index contributed by atoms with van der Waals surface area (Å²) in [6, 6.07) is 0.354. The molecule has 1 N–H and O–H groups in total. The Kier molecular flexibility index (Phi) is 6.46. The van der Waals surface area contributed by atoms with Crippen LogP contribution >= 0.6 is 0 Å². The van der Waals surface area contributed by atoms with Gasteiger partial charge in [-0.15, -0.1) is 0 Å². The summed E-state index contributed by atoms with van der Waals surface area (Å²) < 4.78 is 5.30. The third-order valence-electron chi connectivity index (χ3n) is 4.69. The number of aliphatic hydroxyl groups excluding tert-OH is 1. The maximum Gasteiger partial charge on any atom is 0.137 e. The second kappa shape index (κ2) is 8.11. The van der Waals surface area contributed by atoms with Crippen LogP contribution in [0.15, 0.2) is 0 Å². The number of aliphatic hydroxyl groups is 1. The number of hydrogen-bond acceptors (Lipinski definition) is 4. The Hall–Kier alpha value is -0.450. The van der Waals surface area contributed by atoms with Gasteiger partial charge < -0.3 is 9.84 Å². The number of nitrogens with zero attached hydrogens (tertiary/aromatic N) is 1. The van der Waals surface area contributed by atoms with Crippen molar-refractivity contribution in [1.29, 1.82) is 0 Å². The molecule has 4 nitrogen and oxygen atoms in total. The number of ether oxygens (including phenoxy) is 1. The smallest absolute Gasteiger partial charge is 0.137 e. The van der Waals surface area contributed by atoms with Gasteiger partial charge in [0.1, 0.15) is 5.78 Å². The zero-order chi connectivity index (χ0) is 14.4. The Morgan fingerprint density at radius 3 is 2.85 bits per heavy atom. The molecular weight excluding hydrogens is 254 g/mol. The number of β-amino-alcohol motifs (C(OH)–C–C–N with tert-alkyl or cyclic N) is 1. The summed E-state index contributed by atoms with van der Waals surface area (Å²) in [6.07, 6.45) is 7.12. The van der Waals surface area contributed by atoms with Crippen LogP contribution in [0.5, 0.6) is 0 Å². The second-order valence-corrected chi connectivity index (χ2v) is 6.19. The molecule has 0 bridgehead atoms. The van der Waals surface area contributed by atoms with Crippen LogP contribution in [0.4, 0.5) is 0 Å². The number of Topliss-reactive ketones (excluding diaryl/α,β-unsaturated/α-hetero) is 1. The minimum absolute atomic E-state index is 0.211. The van der Waals surface area contributed by atoms with Crippen molar-refractivity contribution in [2.75, 3.05) is 26.3 Å². The molecule has 4 heteroatoms. The fourth-order valence-electron chi connectivity index (χ4n) is 3.69. The lowest BCUT2D eigenvalue weighted by Crippen LogP contribution is -2.50. The first-order valence-corrected chi connectivity index (χ1v) is 8.25. The highest BCUT2D eigenvalue weighted by molar-refractivity contribution is 5.82. The Morgan fingerprint density at radius 1 is 1.30 bits per heavy atom. The van der Waals surface area contributed by atoms with Gasteiger partial charge in [0.15, 0.2) is 0 Å². The number of piperidine rings is 1. The molecule has 0 amide bonds. The van der Waals surface area contributed by atoms with Crippen molar-refractivity contribution in [2.24, 2.45) is 5.92 Å². The number of likely N-dealkylation sites (tertiary alicyclic amines) is 1. The van der Waals surface area contributed by atoms with Crippen LogP contribution in [0, 0.1) is 5.92 Å². The molecule has 0 aromatic carbocycles. The van der Waals surface area contributed by atoms with Crippen molar-refractivity contribution in [3.63, 3.8) is 0 Å². The number of ketones is 1. The predicted octanol–water partition coefficient (Wildman–Crippen LogP) is 2.00. The first-order valence-electron chi connectivity index (χ1n) is 8.25. The van der Waals surface area contributed by atoms with Gasteiger partial charge in [-0.2, -0.15) is 0 Å². The van der Waals surface area contributed by atoms with Crippen LogP contribution in [0.1, 0.15) is 51.9 Å². The van der Waals surface area contributed by atoms with Crippen molar-refractivity contribution in [3.8, 4) is 0 Å². The normalized spacial score (nSPS) is 30.4. The molecule has 20 heavy (non-hydrogen) atoms. The van der Waals surface area contributed by atoms with E-state index in [0.717, 1.165) is 32.2 Å². The summed E-state index contributed by atoms with van der Waals surface area (Å²) in [5, 5.41) is 10.1. The van der Waals surface area contributed by atoms with E-state index in [0.29, 0.717) is 31.6 Å². The van der Waals surface area contributed by atoms with E-state index in [1.165, 1.54) is 19.3 Å². The summed E-state index contributed by atoms with van der Waals surface area (Å²) in [7, 11) is 0. The lowest BCUT2D eigenvalue weighted by Gasteiger charge is -2.41. The van der Waals surface area contributed by atoms with E-state index in [-0.39, 0.29) is 5.92 Å². The van der Waals surface area contributed by atoms with Gasteiger partial charge in [0.25, 0.3) is 0 Å². The lowest BCUT2D eigenvalue weighted by atomic mass is 9.79. The van der Waals surface area contributed by atoms with Crippen LogP contribution in [0.2, 0.25) is 0 Å². The van der Waals surface area contributed by atoms with Crippen molar-refractivity contribution < 1.29 is 14.6 Å². The molecule has 116 valence electrons. The number of carbonyl (C=O) groups is 1. The monoisotopic (exact) mass is 283 g/mol. The van der Waals surface area contributed by atoms with Gasteiger partial charge in [0.05, 0.1) is 12.7 Å². The SMILES string of the molecule is CCOCC(O)CN1CCCCC1C1CCCCC1=O. The van der Waals surface area contributed by atoms with Crippen LogP contribution < -0.4 is 0 Å². The fraction of sp³-hybridized carbons (Fsp3) is 0.938. The van der Waals surface area contributed by atoms with Gasteiger partial charge in [-0.1, -0.05) is 12.8 Å². The molecule has 0 radical (unpaired) electrons. The van der Waals surface area contributed by atoms with Crippen molar-refractivity contribution in [1.82, 2.24) is 4.90 Å². The van der Waals surface area contributed by atoms with Gasteiger partial charge in [0, 0.05) is 31.5 Å². The molecule has 2 fully saturated rings. The third kappa shape index (κ3) is 4.27. The summed E-state index contributed by atoms with van der Waals surface area (Å²) >= 11 is 0. The lowest BCUT2D eigenvalue weighted by molar-refractivity contribution is -0.128. The molecule has 1 aliphatic heterocycles. The minimum atomic E-state index is -0.436. The largest absolute Gasteiger partial charge is 0.389 e. The number of rotatable bonds is 6. The summed E-state index contributed by atoms with van der Waals surface area (Å²) in [5.41, 5.74) is 0. The summed E-state index contributed by atoms with van der Waals surface area (Å²) in [4.78, 5) is 14.5. The molecule has 1 aliphatic carbocycles. The van der Waals surface area contributed by atoms with Gasteiger partial charge in [0.2, 0.25) is 0 Å². The zero-order valence-electron chi connectivity index (χ0n) is 12.7. The van der Waals surface area contributed by atoms with E-state index in [1.54, 1.807) is 0 Å². The molecule has 3 unspecified atom stereocenters. The summed E-state index contributed by atoms with van der Waals surface area (Å²) in [5.74, 6) is 0.663. The standard InChI is InChI=1S/C16H29NO3/c1-2-20-12-13(18)11-17-10-6-5-8-15(17)14-7-3-4-9-16(14)19/h13-15,18H,2-12H2,1H3. The highest BCUT2D eigenvalue weighted by Crippen LogP contribution is 2.31. The topological polar surface area (TPSA) is 49.8 Å². The molecule has 2 rings (SSSR count). The van der Waals surface area contributed by atoms with Crippen molar-refractivity contribution in [2.45, 2.75) is 64.0 Å². The van der Waals surface area contributed by atoms with E-state index in [9.17, 15) is 9.90 Å². The van der Waals surface area contributed by atoms with E-state index >= 15 is 0 Å². The second-order valence-electron chi connectivity index (χ2n) is 6.19. The van der Waals surface area contributed by atoms with Gasteiger partial charge in [-0.3, -0.25) is 9.69 Å². The molecule has 2 aliphatic rings. The maximum absolute atomic E-state index is 12.2. The van der Waals surface area contributed by atoms with Crippen LogP contribution in [-0.2, 0) is 9.53 Å². The van der Waals surface area contributed by atoms with Gasteiger partial charge in [-0.25, -0.2) is 0 Å². The molecule has 0 aromatic heterocycles. The van der Waals surface area contributed by atoms with E-state index in [4.69, 9.17) is 4.74 Å². The molecule has 0 spiro atoms. The fourth-order valence-corrected chi connectivity index (χ4v) is 3.69. The molecule has 1 saturated heterocycles. The zero-order valence-corrected chi connectivity index (χ0v) is 12.7. The maximum atomic E-state index is 12.2. The Balaban J connectivity index is 1.92. The Bertz CT molecular complexity index is 308. The first-order chi connectivity index (χ1) is 9.72. The number of hydrogen-bond donors (Lipinski definition) is 1. The molecular formula is C16H29NO3. The van der Waals surface area contributed by atoms with Crippen molar-refractivity contribution >= 4 is 5.78 Å². The molecule has 1 heterocycles. The Morgan fingerprint density at radius 2 is 2.10 bits per heavy atom. The van der Waals surface area contributed by atoms with Crippen LogP contribution in [-0.4, -0.2) is 54.2 Å². The minimum Gasteiger partial charge on any atom is -0.389 e. The van der Waals surface area contributed by atoms with E-state index in [1.807, 2.05) is 6.92 Å². The molecule has 1 saturated carbocycles. The molecule has 0 aromatic rings. The quantitative estimate of drug-likeness (QED) is 0.810. The van der Waals surface area contributed by atoms with Gasteiger partial charge in [-0.05, 0) is 39.2 Å². The Labute approximate surface area is 122 Å². The van der Waals surface area contributed by atoms with Crippen molar-refractivity contribution in [3.05, 3.63) is 0 Å². The summed E-state index contributed by atoms with van der Waals surface area (Å²) in [6.45, 7) is 4.64. The number of carbonyl (C=O) groups excluding carboxylic acids is 1. The van der Waals surface area contributed by atoms with E-state index in [2.05, 4.69) is 4.90 Å². The highest BCUT2D eigenvalue weighted by Gasteiger charge is 2.35. The van der Waals surface area contributed by atoms with E-state index < -0.39 is 6.10 Å². The first kappa shape index (κ1) is 15.9.